The lowest BCUT2D eigenvalue weighted by molar-refractivity contribution is 0.0279. The van der Waals surface area contributed by atoms with Crippen LogP contribution < -0.4 is 9.46 Å². The first kappa shape index (κ1) is 17.8. The van der Waals surface area contributed by atoms with Crippen molar-refractivity contribution in [1.29, 1.82) is 0 Å². The van der Waals surface area contributed by atoms with Crippen LogP contribution in [0.15, 0.2) is 23.2 Å². The number of ether oxygens (including phenoxy) is 1. The lowest BCUT2D eigenvalue weighted by Crippen LogP contribution is -2.41. The molecule has 0 amide bonds. The monoisotopic (exact) mass is 366 g/mol. The zero-order valence-corrected chi connectivity index (χ0v) is 15.2. The molecule has 2 aromatic heterocycles. The van der Waals surface area contributed by atoms with Gasteiger partial charge in [0, 0.05) is 12.3 Å². The van der Waals surface area contributed by atoms with Gasteiger partial charge in [0.2, 0.25) is 15.9 Å². The predicted octanol–water partition coefficient (Wildman–Crippen LogP) is 1.22. The molecular weight excluding hydrogens is 344 g/mol. The lowest BCUT2D eigenvalue weighted by Gasteiger charge is -2.38. The summed E-state index contributed by atoms with van der Waals surface area (Å²) in [7, 11) is -2.24. The lowest BCUT2D eigenvalue weighted by atomic mass is 9.76. The van der Waals surface area contributed by atoms with Crippen LogP contribution in [0.5, 0.6) is 5.88 Å². The van der Waals surface area contributed by atoms with E-state index in [0.29, 0.717) is 30.1 Å². The normalized spacial score (nSPS) is 21.6. The molecule has 3 N–H and O–H groups in total. The standard InChI is InChI=1S/C16H22N4O4S/c1-9-16(10(2)19-18-9)25(22,23)20-15(12-6-13(21)7-12)11-4-5-14(24-3)17-8-11/h4-5,8,12-13,15,20-21H,6-7H2,1-3H3,(H,18,19)/t12?,13?,15-/m1/s1. The molecule has 25 heavy (non-hydrogen) atoms. The van der Waals surface area contributed by atoms with Crippen molar-refractivity contribution in [2.75, 3.05) is 7.11 Å². The van der Waals surface area contributed by atoms with Crippen LogP contribution in [-0.2, 0) is 10.0 Å². The van der Waals surface area contributed by atoms with Gasteiger partial charge in [-0.1, -0.05) is 6.07 Å². The van der Waals surface area contributed by atoms with E-state index in [-0.39, 0.29) is 16.9 Å². The molecule has 0 saturated heterocycles. The number of nitrogens with zero attached hydrogens (tertiary/aromatic N) is 2. The molecule has 0 aliphatic heterocycles. The Morgan fingerprint density at radius 2 is 2.08 bits per heavy atom. The summed E-state index contributed by atoms with van der Waals surface area (Å²) in [4.78, 5) is 4.33. The zero-order chi connectivity index (χ0) is 18.2. The zero-order valence-electron chi connectivity index (χ0n) is 14.4. The number of hydrogen-bond donors (Lipinski definition) is 3. The van der Waals surface area contributed by atoms with Gasteiger partial charge >= 0.3 is 0 Å². The Labute approximate surface area is 146 Å². The number of methoxy groups -OCH3 is 1. The van der Waals surface area contributed by atoms with Crippen molar-refractivity contribution in [3.8, 4) is 5.88 Å². The minimum Gasteiger partial charge on any atom is -0.481 e. The van der Waals surface area contributed by atoms with E-state index in [2.05, 4.69) is 19.9 Å². The first-order valence-electron chi connectivity index (χ1n) is 8.03. The molecule has 1 fully saturated rings. The Balaban J connectivity index is 1.92. The minimum atomic E-state index is -3.76. The number of aromatic nitrogens is 3. The first-order valence-corrected chi connectivity index (χ1v) is 9.52. The number of aryl methyl sites for hydroxylation is 2. The summed E-state index contributed by atoms with van der Waals surface area (Å²) < 4.78 is 33.6. The Hall–Kier alpha value is -1.97. The molecule has 0 spiro atoms. The van der Waals surface area contributed by atoms with Crippen LogP contribution in [0.2, 0.25) is 0 Å². The van der Waals surface area contributed by atoms with Gasteiger partial charge in [-0.05, 0) is 38.2 Å². The fraction of sp³-hybridized carbons (Fsp3) is 0.500. The maximum absolute atomic E-state index is 12.9. The fourth-order valence-electron chi connectivity index (χ4n) is 3.20. The number of pyridine rings is 1. The van der Waals surface area contributed by atoms with Crippen molar-refractivity contribution in [1.82, 2.24) is 19.9 Å². The highest BCUT2D eigenvalue weighted by atomic mass is 32.2. The predicted molar refractivity (Wildman–Crippen MR) is 90.6 cm³/mol. The second kappa shape index (κ2) is 6.74. The number of hydrogen-bond acceptors (Lipinski definition) is 6. The van der Waals surface area contributed by atoms with Gasteiger partial charge in [0.1, 0.15) is 4.90 Å². The van der Waals surface area contributed by atoms with Crippen molar-refractivity contribution in [2.45, 2.75) is 43.7 Å². The molecule has 3 rings (SSSR count). The van der Waals surface area contributed by atoms with Crippen LogP contribution >= 0.6 is 0 Å². The summed E-state index contributed by atoms with van der Waals surface area (Å²) in [6, 6.07) is 3.01. The van der Waals surface area contributed by atoms with Crippen LogP contribution in [0, 0.1) is 19.8 Å². The van der Waals surface area contributed by atoms with E-state index in [1.54, 1.807) is 32.2 Å². The highest BCUT2D eigenvalue weighted by molar-refractivity contribution is 7.89. The third-order valence-corrected chi connectivity index (χ3v) is 6.26. The van der Waals surface area contributed by atoms with E-state index in [9.17, 15) is 13.5 Å². The molecule has 1 aliphatic carbocycles. The second-order valence-electron chi connectivity index (χ2n) is 6.38. The Kier molecular flexibility index (Phi) is 4.81. The molecular formula is C16H22N4O4S. The molecule has 136 valence electrons. The summed E-state index contributed by atoms with van der Waals surface area (Å²) in [6.07, 6.45) is 2.30. The van der Waals surface area contributed by atoms with Gasteiger partial charge < -0.3 is 9.84 Å². The molecule has 2 aromatic rings. The number of aromatic amines is 1. The fourth-order valence-corrected chi connectivity index (χ4v) is 4.86. The van der Waals surface area contributed by atoms with Crippen LogP contribution in [0.25, 0.3) is 0 Å². The Morgan fingerprint density at radius 1 is 1.36 bits per heavy atom. The van der Waals surface area contributed by atoms with Gasteiger partial charge in [-0.15, -0.1) is 0 Å². The van der Waals surface area contributed by atoms with E-state index in [4.69, 9.17) is 4.74 Å². The molecule has 0 radical (unpaired) electrons. The smallest absolute Gasteiger partial charge is 0.244 e. The van der Waals surface area contributed by atoms with Gasteiger partial charge in [-0.25, -0.2) is 18.1 Å². The van der Waals surface area contributed by atoms with Crippen molar-refractivity contribution in [2.24, 2.45) is 5.92 Å². The molecule has 0 bridgehead atoms. The van der Waals surface area contributed by atoms with Crippen LogP contribution in [0.1, 0.15) is 35.8 Å². The average molecular weight is 366 g/mol. The van der Waals surface area contributed by atoms with Crippen LogP contribution in [-0.4, -0.2) is 41.9 Å². The third-order valence-electron chi connectivity index (χ3n) is 4.56. The van der Waals surface area contributed by atoms with E-state index in [1.165, 1.54) is 7.11 Å². The highest BCUT2D eigenvalue weighted by Gasteiger charge is 2.38. The molecule has 1 atom stereocenters. The molecule has 9 heteroatoms. The maximum atomic E-state index is 12.9. The number of H-pyrrole nitrogens is 1. The molecule has 8 nitrogen and oxygen atoms in total. The second-order valence-corrected chi connectivity index (χ2v) is 8.03. The van der Waals surface area contributed by atoms with Crippen molar-refractivity contribution < 1.29 is 18.3 Å². The average Bonchev–Trinajstić information content (AvgIpc) is 2.89. The summed E-state index contributed by atoms with van der Waals surface area (Å²) >= 11 is 0. The van der Waals surface area contributed by atoms with Crippen LogP contribution in [0.3, 0.4) is 0 Å². The largest absolute Gasteiger partial charge is 0.481 e. The maximum Gasteiger partial charge on any atom is 0.244 e. The molecule has 0 unspecified atom stereocenters. The highest BCUT2D eigenvalue weighted by Crippen LogP contribution is 2.39. The van der Waals surface area contributed by atoms with E-state index >= 15 is 0 Å². The number of nitrogens with one attached hydrogen (secondary N) is 2. The van der Waals surface area contributed by atoms with Crippen molar-refractivity contribution in [3.05, 3.63) is 35.3 Å². The summed E-state index contributed by atoms with van der Waals surface area (Å²) in [6.45, 7) is 3.32. The van der Waals surface area contributed by atoms with Gasteiger partial charge in [0.05, 0.1) is 30.6 Å². The topological polar surface area (TPSA) is 117 Å². The van der Waals surface area contributed by atoms with E-state index in [1.807, 2.05) is 0 Å². The SMILES string of the molecule is COc1ccc([C@@H](NS(=O)(=O)c2c(C)n[nH]c2C)C2CC(O)C2)cn1. The minimum absolute atomic E-state index is 0.00693. The first-order chi connectivity index (χ1) is 11.8. The molecule has 2 heterocycles. The van der Waals surface area contributed by atoms with Crippen LogP contribution in [0.4, 0.5) is 0 Å². The van der Waals surface area contributed by atoms with Crippen molar-refractivity contribution >= 4 is 10.0 Å². The number of sulfonamides is 1. The number of aliphatic hydroxyl groups is 1. The molecule has 1 saturated carbocycles. The summed E-state index contributed by atoms with van der Waals surface area (Å²) in [5, 5.41) is 16.3. The van der Waals surface area contributed by atoms with Gasteiger partial charge in [-0.2, -0.15) is 5.10 Å². The van der Waals surface area contributed by atoms with Gasteiger partial charge in [0.25, 0.3) is 0 Å². The van der Waals surface area contributed by atoms with Crippen molar-refractivity contribution in [3.63, 3.8) is 0 Å². The summed E-state index contributed by atoms with van der Waals surface area (Å²) in [5.74, 6) is 0.466. The third kappa shape index (κ3) is 3.53. The van der Waals surface area contributed by atoms with Gasteiger partial charge in [0.15, 0.2) is 0 Å². The van der Waals surface area contributed by atoms with E-state index in [0.717, 1.165) is 5.56 Å². The number of aliphatic hydroxyl groups excluding tert-OH is 1. The van der Waals surface area contributed by atoms with E-state index < -0.39 is 16.1 Å². The Morgan fingerprint density at radius 3 is 2.56 bits per heavy atom. The van der Waals surface area contributed by atoms with Gasteiger partial charge in [-0.3, -0.25) is 5.10 Å². The Bertz CT molecular complexity index is 822. The molecule has 0 aromatic carbocycles. The summed E-state index contributed by atoms with van der Waals surface area (Å²) in [5.41, 5.74) is 1.65. The molecule has 1 aliphatic rings. The number of rotatable bonds is 6. The quantitative estimate of drug-likeness (QED) is 0.708.